The van der Waals surface area contributed by atoms with Crippen LogP contribution in [-0.2, 0) is 28.2 Å². The standard InChI is InChI=1S/C40H75O8P/c1-3-5-7-9-11-13-15-17-19-21-23-25-27-29-31-33-35-40(42)48-38(37-47-49(43,44)45)36-46-39(41)34-32-30-28-26-24-22-20-18-16-14-12-10-8-6-4-2/h12,14,18,20,38H,3-11,13,15-17,19,21-37H2,1-2H3,(H2,43,44,45)/b14-12+,20-18+/t38-/m1/s1. The minimum Gasteiger partial charge on any atom is -0.462 e. The van der Waals surface area contributed by atoms with Crippen molar-refractivity contribution < 1.29 is 37.9 Å². The second-order valence-corrected chi connectivity index (χ2v) is 14.9. The Labute approximate surface area is 300 Å². The molecule has 0 saturated heterocycles. The van der Waals surface area contributed by atoms with E-state index in [1.807, 2.05) is 0 Å². The Bertz CT molecular complexity index is 853. The van der Waals surface area contributed by atoms with Gasteiger partial charge in [0.15, 0.2) is 6.10 Å². The summed E-state index contributed by atoms with van der Waals surface area (Å²) in [5.41, 5.74) is 0. The van der Waals surface area contributed by atoms with Crippen LogP contribution in [0.15, 0.2) is 24.3 Å². The Morgan fingerprint density at radius 3 is 1.39 bits per heavy atom. The Kier molecular flexibility index (Phi) is 35.2. The van der Waals surface area contributed by atoms with Crippen LogP contribution in [0.5, 0.6) is 0 Å². The van der Waals surface area contributed by atoms with Gasteiger partial charge in [0, 0.05) is 12.8 Å². The monoisotopic (exact) mass is 715 g/mol. The molecule has 1 atom stereocenters. The minimum atomic E-state index is -4.75. The topological polar surface area (TPSA) is 119 Å². The first-order valence-electron chi connectivity index (χ1n) is 20.1. The summed E-state index contributed by atoms with van der Waals surface area (Å²) in [7, 11) is -4.75. The molecule has 0 fully saturated rings. The lowest BCUT2D eigenvalue weighted by Gasteiger charge is -2.18. The number of unbranched alkanes of at least 4 members (excludes halogenated alkanes) is 23. The number of carbonyl (C=O) groups is 2. The average molecular weight is 715 g/mol. The van der Waals surface area contributed by atoms with Crippen molar-refractivity contribution in [1.82, 2.24) is 0 Å². The minimum absolute atomic E-state index is 0.213. The van der Waals surface area contributed by atoms with Crippen LogP contribution in [0.2, 0.25) is 0 Å². The fraction of sp³-hybridized carbons (Fsp3) is 0.850. The van der Waals surface area contributed by atoms with Gasteiger partial charge in [0.1, 0.15) is 6.61 Å². The van der Waals surface area contributed by atoms with E-state index >= 15 is 0 Å². The van der Waals surface area contributed by atoms with Gasteiger partial charge in [0.05, 0.1) is 6.61 Å². The second kappa shape index (κ2) is 36.3. The van der Waals surface area contributed by atoms with Crippen molar-refractivity contribution in [1.29, 1.82) is 0 Å². The highest BCUT2D eigenvalue weighted by Gasteiger charge is 2.22. The van der Waals surface area contributed by atoms with Crippen LogP contribution in [0.25, 0.3) is 0 Å². The van der Waals surface area contributed by atoms with Gasteiger partial charge in [-0.1, -0.05) is 167 Å². The predicted molar refractivity (Wildman–Crippen MR) is 202 cm³/mol. The van der Waals surface area contributed by atoms with E-state index in [1.165, 1.54) is 103 Å². The van der Waals surface area contributed by atoms with Gasteiger partial charge in [-0.15, -0.1) is 0 Å². The quantitative estimate of drug-likeness (QED) is 0.0282. The van der Waals surface area contributed by atoms with E-state index in [4.69, 9.17) is 19.3 Å². The number of hydrogen-bond acceptors (Lipinski definition) is 6. The van der Waals surface area contributed by atoms with Gasteiger partial charge >= 0.3 is 19.8 Å². The molecule has 0 aliphatic carbocycles. The van der Waals surface area contributed by atoms with Crippen LogP contribution < -0.4 is 0 Å². The Balaban J connectivity index is 3.94. The van der Waals surface area contributed by atoms with Crippen molar-refractivity contribution in [3.63, 3.8) is 0 Å². The maximum Gasteiger partial charge on any atom is 0.469 e. The van der Waals surface area contributed by atoms with Crippen LogP contribution in [-0.4, -0.2) is 41.0 Å². The van der Waals surface area contributed by atoms with Crippen LogP contribution in [0.1, 0.15) is 200 Å². The molecule has 0 aromatic heterocycles. The molecule has 2 N–H and O–H groups in total. The predicted octanol–water partition coefficient (Wildman–Crippen LogP) is 12.0. The lowest BCUT2D eigenvalue weighted by Crippen LogP contribution is -2.29. The van der Waals surface area contributed by atoms with E-state index in [0.29, 0.717) is 12.8 Å². The molecule has 8 nitrogen and oxygen atoms in total. The van der Waals surface area contributed by atoms with Crippen molar-refractivity contribution in [2.75, 3.05) is 13.2 Å². The molecule has 0 amide bonds. The number of esters is 2. The Hall–Kier alpha value is -1.47. The van der Waals surface area contributed by atoms with Gasteiger partial charge in [0.2, 0.25) is 0 Å². The number of carbonyl (C=O) groups excluding carboxylic acids is 2. The second-order valence-electron chi connectivity index (χ2n) is 13.6. The van der Waals surface area contributed by atoms with E-state index in [2.05, 4.69) is 42.7 Å². The van der Waals surface area contributed by atoms with Crippen molar-refractivity contribution >= 4 is 19.8 Å². The first-order valence-corrected chi connectivity index (χ1v) is 21.7. The molecular weight excluding hydrogens is 639 g/mol. The van der Waals surface area contributed by atoms with Gasteiger partial charge in [-0.05, 0) is 44.9 Å². The number of allylic oxidation sites excluding steroid dienone is 4. The van der Waals surface area contributed by atoms with Crippen molar-refractivity contribution in [3.8, 4) is 0 Å². The zero-order valence-electron chi connectivity index (χ0n) is 31.6. The highest BCUT2D eigenvalue weighted by Crippen LogP contribution is 2.36. The molecule has 0 rings (SSSR count). The highest BCUT2D eigenvalue weighted by molar-refractivity contribution is 7.46. The third-order valence-electron chi connectivity index (χ3n) is 8.72. The number of ether oxygens (including phenoxy) is 2. The maximum atomic E-state index is 12.4. The van der Waals surface area contributed by atoms with E-state index in [1.54, 1.807) is 0 Å². The summed E-state index contributed by atoms with van der Waals surface area (Å²) in [4.78, 5) is 42.8. The number of phosphoric acid groups is 1. The Morgan fingerprint density at radius 1 is 0.531 bits per heavy atom. The summed E-state index contributed by atoms with van der Waals surface area (Å²) in [6, 6.07) is 0. The number of phosphoric ester groups is 1. The SMILES string of the molecule is CCCCC/C=C/C/C=C/CCCCCCCC(=O)OC[C@H](COP(=O)(O)O)OC(=O)CCCCCCCCCCCCCCCCCC. The average Bonchev–Trinajstić information content (AvgIpc) is 3.07. The van der Waals surface area contributed by atoms with Crippen LogP contribution >= 0.6 is 7.82 Å². The number of rotatable bonds is 37. The van der Waals surface area contributed by atoms with Crippen molar-refractivity contribution in [2.24, 2.45) is 0 Å². The molecule has 0 aromatic carbocycles. The van der Waals surface area contributed by atoms with Gasteiger partial charge in [0.25, 0.3) is 0 Å². The van der Waals surface area contributed by atoms with Crippen LogP contribution in [0.3, 0.4) is 0 Å². The summed E-state index contributed by atoms with van der Waals surface area (Å²) in [5.74, 6) is -0.893. The molecule has 0 radical (unpaired) electrons. The van der Waals surface area contributed by atoms with E-state index in [-0.39, 0.29) is 19.4 Å². The molecule has 0 unspecified atom stereocenters. The molecule has 0 aliphatic rings. The van der Waals surface area contributed by atoms with Gasteiger partial charge in [-0.2, -0.15) is 0 Å². The smallest absolute Gasteiger partial charge is 0.462 e. The molecule has 0 aliphatic heterocycles. The maximum absolute atomic E-state index is 12.4. The fourth-order valence-electron chi connectivity index (χ4n) is 5.70. The van der Waals surface area contributed by atoms with Crippen molar-refractivity contribution in [3.05, 3.63) is 24.3 Å². The third kappa shape index (κ3) is 39.2. The lowest BCUT2D eigenvalue weighted by atomic mass is 10.0. The molecule has 0 aromatic rings. The molecule has 288 valence electrons. The summed E-state index contributed by atoms with van der Waals surface area (Å²) in [5, 5.41) is 0. The first kappa shape index (κ1) is 47.5. The molecule has 0 spiro atoms. The van der Waals surface area contributed by atoms with Gasteiger partial charge in [-0.3, -0.25) is 14.1 Å². The summed E-state index contributed by atoms with van der Waals surface area (Å²) >= 11 is 0. The summed E-state index contributed by atoms with van der Waals surface area (Å²) < 4.78 is 26.3. The normalized spacial score (nSPS) is 12.7. The molecular formula is C40H75O8P. The number of hydrogen-bond donors (Lipinski definition) is 2. The van der Waals surface area contributed by atoms with E-state index in [0.717, 1.165) is 57.8 Å². The Morgan fingerprint density at radius 2 is 0.918 bits per heavy atom. The van der Waals surface area contributed by atoms with Crippen molar-refractivity contribution in [2.45, 2.75) is 206 Å². The highest BCUT2D eigenvalue weighted by atomic mass is 31.2. The van der Waals surface area contributed by atoms with Gasteiger partial charge in [-0.25, -0.2) is 4.57 Å². The zero-order chi connectivity index (χ0) is 36.1. The molecule has 0 saturated carbocycles. The molecule has 49 heavy (non-hydrogen) atoms. The van der Waals surface area contributed by atoms with E-state index < -0.39 is 32.5 Å². The van der Waals surface area contributed by atoms with E-state index in [9.17, 15) is 14.2 Å². The lowest BCUT2D eigenvalue weighted by molar-refractivity contribution is -0.161. The summed E-state index contributed by atoms with van der Waals surface area (Å²) in [6.07, 6.45) is 40.4. The first-order chi connectivity index (χ1) is 23.8. The van der Waals surface area contributed by atoms with Crippen LogP contribution in [0.4, 0.5) is 0 Å². The van der Waals surface area contributed by atoms with Gasteiger partial charge < -0.3 is 19.3 Å². The third-order valence-corrected chi connectivity index (χ3v) is 9.21. The largest absolute Gasteiger partial charge is 0.469 e. The summed E-state index contributed by atoms with van der Waals surface area (Å²) in [6.45, 7) is 3.66. The molecule has 9 heteroatoms. The van der Waals surface area contributed by atoms with Crippen LogP contribution in [0, 0.1) is 0 Å². The zero-order valence-corrected chi connectivity index (χ0v) is 32.5. The molecule has 0 bridgehead atoms. The fourth-order valence-corrected chi connectivity index (χ4v) is 6.06. The molecule has 0 heterocycles.